The molecule has 37 heavy (non-hydrogen) atoms. The van der Waals surface area contributed by atoms with Crippen LogP contribution in [0.4, 0.5) is 0 Å². The van der Waals surface area contributed by atoms with Gasteiger partial charge in [-0.2, -0.15) is 0 Å². The summed E-state index contributed by atoms with van der Waals surface area (Å²) >= 11 is 0. The number of nitrogens with one attached hydrogen (secondary N) is 2. The molecule has 2 N–H and O–H groups in total. The van der Waals surface area contributed by atoms with Crippen molar-refractivity contribution in [3.63, 3.8) is 0 Å². The molecule has 3 rings (SSSR count). The van der Waals surface area contributed by atoms with Gasteiger partial charge in [0.25, 0.3) is 6.92 Å². The van der Waals surface area contributed by atoms with E-state index in [1.807, 2.05) is 20.2 Å². The van der Waals surface area contributed by atoms with Crippen molar-refractivity contribution < 1.29 is 14.0 Å². The third kappa shape index (κ3) is 11.2. The van der Waals surface area contributed by atoms with Gasteiger partial charge in [-0.15, -0.1) is 0 Å². The first kappa shape index (κ1) is 30.8. The molecule has 3 aromatic carbocycles. The maximum absolute atomic E-state index is 6.19. The van der Waals surface area contributed by atoms with Gasteiger partial charge in [0.05, 0.1) is 13.2 Å². The van der Waals surface area contributed by atoms with Gasteiger partial charge >= 0.3 is 6.92 Å². The monoisotopic (exact) mass is 502 g/mol. The Balaban J connectivity index is 0.00000481. The Kier molecular flexibility index (Phi) is 14.9. The molecule has 7 heteroatoms. The van der Waals surface area contributed by atoms with E-state index in [1.165, 1.54) is 11.1 Å². The molecule has 198 valence electrons. The highest BCUT2D eigenvalue weighted by Crippen LogP contribution is 2.11. The Morgan fingerprint density at radius 3 is 1.76 bits per heavy atom. The van der Waals surface area contributed by atoms with E-state index < -0.39 is 0 Å². The van der Waals surface area contributed by atoms with Gasteiger partial charge < -0.3 is 24.7 Å². The Bertz CT molecular complexity index is 972. The second-order valence-corrected chi connectivity index (χ2v) is 9.14. The van der Waals surface area contributed by atoms with Crippen molar-refractivity contribution in [1.29, 1.82) is 0 Å². The van der Waals surface area contributed by atoms with Crippen LogP contribution in [0.15, 0.2) is 78.9 Å². The first-order valence-electron chi connectivity index (χ1n) is 13.0. The van der Waals surface area contributed by atoms with Gasteiger partial charge in [-0.05, 0) is 54.5 Å². The van der Waals surface area contributed by atoms with Gasteiger partial charge in [0.1, 0.15) is 0 Å². The molecule has 3 aromatic rings. The lowest BCUT2D eigenvalue weighted by Crippen LogP contribution is -2.45. The van der Waals surface area contributed by atoms with Crippen LogP contribution < -0.4 is 21.6 Å². The Hall–Kier alpha value is -2.41. The number of aryl methyl sites for hydroxylation is 1. The van der Waals surface area contributed by atoms with E-state index in [0.29, 0.717) is 19.8 Å². The molecule has 5 nitrogen and oxygen atoms in total. The van der Waals surface area contributed by atoms with Gasteiger partial charge in [-0.3, -0.25) is 0 Å². The van der Waals surface area contributed by atoms with Crippen LogP contribution in [-0.2, 0) is 33.7 Å². The minimum absolute atomic E-state index is 0. The van der Waals surface area contributed by atoms with Crippen LogP contribution in [0.3, 0.4) is 0 Å². The fraction of sp³-hybridized carbons (Fsp3) is 0.400. The average molecular weight is 502 g/mol. The molecule has 0 amide bonds. The average Bonchev–Trinajstić information content (AvgIpc) is 2.92. The van der Waals surface area contributed by atoms with Crippen LogP contribution in [0.1, 0.15) is 24.1 Å². The molecule has 0 saturated carbocycles. The quantitative estimate of drug-likeness (QED) is 0.218. The topological polar surface area (TPSA) is 51.8 Å². The van der Waals surface area contributed by atoms with Crippen LogP contribution in [0.2, 0.25) is 13.1 Å². The maximum atomic E-state index is 6.19. The predicted molar refractivity (Wildman–Crippen MR) is 159 cm³/mol. The lowest BCUT2D eigenvalue weighted by molar-refractivity contribution is 0.107. The van der Waals surface area contributed by atoms with Crippen LogP contribution >= 0.6 is 0 Å². The van der Waals surface area contributed by atoms with E-state index in [9.17, 15) is 0 Å². The number of likely N-dealkylation sites (N-methyl/N-ethyl adjacent to an activating group) is 2. The van der Waals surface area contributed by atoms with Crippen LogP contribution in [-0.4, -0.2) is 54.2 Å². The van der Waals surface area contributed by atoms with Crippen LogP contribution in [0, 0.1) is 0 Å². The molecule has 0 bridgehead atoms. The van der Waals surface area contributed by atoms with E-state index in [-0.39, 0.29) is 21.3 Å². The zero-order chi connectivity index (χ0) is 25.4. The van der Waals surface area contributed by atoms with Crippen molar-refractivity contribution in [1.82, 2.24) is 10.6 Å². The molecule has 0 spiro atoms. The van der Waals surface area contributed by atoms with E-state index in [4.69, 9.17) is 14.0 Å². The summed E-state index contributed by atoms with van der Waals surface area (Å²) in [4.78, 5) is 0. The van der Waals surface area contributed by atoms with Crippen LogP contribution in [0.5, 0.6) is 0 Å². The Labute approximate surface area is 225 Å². The Morgan fingerprint density at radius 2 is 1.16 bits per heavy atom. The van der Waals surface area contributed by atoms with E-state index in [0.717, 1.165) is 48.9 Å². The molecular weight excluding hydrogens is 458 g/mol. The lowest BCUT2D eigenvalue weighted by atomic mass is 9.55. The lowest BCUT2D eigenvalue weighted by Gasteiger charge is -2.16. The largest absolute Gasteiger partial charge is 0.435 e. The molecule has 0 unspecified atom stereocenters. The highest BCUT2D eigenvalue weighted by molar-refractivity contribution is 6.80. The molecule has 0 aliphatic rings. The third-order valence-electron chi connectivity index (χ3n) is 6.18. The summed E-state index contributed by atoms with van der Waals surface area (Å²) in [6.07, 6.45) is 2.05. The SMILES string of the molecule is C.CNCCOB(C)CCc1ccc(COCc2ccc(B(OCCNC)c3ccccc3)cc2)cc1. The fourth-order valence-electron chi connectivity index (χ4n) is 3.98. The highest BCUT2D eigenvalue weighted by atomic mass is 16.5. The summed E-state index contributed by atoms with van der Waals surface area (Å²) in [5.74, 6) is 0. The molecule has 0 fully saturated rings. The molecule has 0 aliphatic heterocycles. The maximum Gasteiger partial charge on any atom is 0.361 e. The number of benzene rings is 3. The second kappa shape index (κ2) is 17.9. The zero-order valence-electron chi connectivity index (χ0n) is 22.0. The van der Waals surface area contributed by atoms with Gasteiger partial charge in [0.2, 0.25) is 0 Å². The molecule has 0 heterocycles. The summed E-state index contributed by atoms with van der Waals surface area (Å²) in [5.41, 5.74) is 6.00. The smallest absolute Gasteiger partial charge is 0.361 e. The van der Waals surface area contributed by atoms with Gasteiger partial charge in [-0.25, -0.2) is 0 Å². The highest BCUT2D eigenvalue weighted by Gasteiger charge is 2.20. The van der Waals surface area contributed by atoms with Gasteiger partial charge in [0.15, 0.2) is 0 Å². The molecule has 0 aliphatic carbocycles. The standard InChI is InChI=1S/C29H40B2N2O3.CH4/c1-30(35-21-19-32-2)18-17-25-9-11-26(12-10-25)23-34-24-27-13-15-29(16-14-27)31(36-22-20-33-3)28-7-5-4-6-8-28;/h4-16,32-33H,17-24H2,1-3H3;1H4. The Morgan fingerprint density at radius 1 is 0.649 bits per heavy atom. The molecule has 0 aromatic heterocycles. The zero-order valence-corrected chi connectivity index (χ0v) is 22.0. The number of hydrogen-bond donors (Lipinski definition) is 2. The summed E-state index contributed by atoms with van der Waals surface area (Å²) in [6.45, 7) is 6.65. The molecule has 0 saturated heterocycles. The molecular formula is C30H44B2N2O3. The third-order valence-corrected chi connectivity index (χ3v) is 6.18. The predicted octanol–water partition coefficient (Wildman–Crippen LogP) is 3.78. The minimum atomic E-state index is -0.0732. The van der Waals surface area contributed by atoms with Crippen molar-refractivity contribution >= 4 is 24.8 Å². The molecule has 0 radical (unpaired) electrons. The first-order valence-corrected chi connectivity index (χ1v) is 13.0. The summed E-state index contributed by atoms with van der Waals surface area (Å²) in [5, 5.41) is 6.25. The van der Waals surface area contributed by atoms with Gasteiger partial charge in [-0.1, -0.05) is 93.1 Å². The minimum Gasteiger partial charge on any atom is -0.435 e. The van der Waals surface area contributed by atoms with E-state index in [2.05, 4.69) is 90.3 Å². The second-order valence-electron chi connectivity index (χ2n) is 9.14. The van der Waals surface area contributed by atoms with E-state index in [1.54, 1.807) is 0 Å². The van der Waals surface area contributed by atoms with Crippen molar-refractivity contribution in [2.24, 2.45) is 0 Å². The number of ether oxygens (including phenoxy) is 1. The molecule has 0 atom stereocenters. The van der Waals surface area contributed by atoms with E-state index >= 15 is 0 Å². The number of hydrogen-bond acceptors (Lipinski definition) is 5. The fourth-order valence-corrected chi connectivity index (χ4v) is 3.98. The summed E-state index contributed by atoms with van der Waals surface area (Å²) < 4.78 is 18.0. The van der Waals surface area contributed by atoms with Crippen molar-refractivity contribution in [2.45, 2.75) is 40.2 Å². The van der Waals surface area contributed by atoms with Gasteiger partial charge in [0, 0.05) is 26.3 Å². The van der Waals surface area contributed by atoms with Crippen molar-refractivity contribution in [2.75, 3.05) is 40.4 Å². The normalized spacial score (nSPS) is 10.7. The first-order chi connectivity index (χ1) is 17.7. The number of rotatable bonds is 17. The van der Waals surface area contributed by atoms with Crippen molar-refractivity contribution in [3.05, 3.63) is 95.6 Å². The van der Waals surface area contributed by atoms with Crippen LogP contribution in [0.25, 0.3) is 0 Å². The summed E-state index contributed by atoms with van der Waals surface area (Å²) in [7, 11) is 3.88. The van der Waals surface area contributed by atoms with Crippen molar-refractivity contribution in [3.8, 4) is 0 Å². The summed E-state index contributed by atoms with van der Waals surface area (Å²) in [6, 6.07) is 27.7.